The standard InChI is InChI=1S/C11H17NO2S/c1-7(2)9-6-15-10(12-9)4-8(3)5-11(13)14/h6-8H,4-5H2,1-3H3,(H,13,14). The Morgan fingerprint density at radius 1 is 1.53 bits per heavy atom. The molecule has 3 nitrogen and oxygen atoms in total. The van der Waals surface area contributed by atoms with Gasteiger partial charge in [0.25, 0.3) is 0 Å². The highest BCUT2D eigenvalue weighted by atomic mass is 32.1. The third-order valence-corrected chi connectivity index (χ3v) is 3.10. The third-order valence-electron chi connectivity index (χ3n) is 2.21. The number of aliphatic carboxylic acids is 1. The first kappa shape index (κ1) is 12.2. The lowest BCUT2D eigenvalue weighted by Crippen LogP contribution is -2.06. The molecule has 4 heteroatoms. The number of rotatable bonds is 5. The van der Waals surface area contributed by atoms with Gasteiger partial charge in [0.05, 0.1) is 10.7 Å². The summed E-state index contributed by atoms with van der Waals surface area (Å²) in [7, 11) is 0. The van der Waals surface area contributed by atoms with Crippen LogP contribution in [-0.4, -0.2) is 16.1 Å². The van der Waals surface area contributed by atoms with Gasteiger partial charge in [-0.3, -0.25) is 4.79 Å². The van der Waals surface area contributed by atoms with Gasteiger partial charge in [0.2, 0.25) is 0 Å². The zero-order chi connectivity index (χ0) is 11.4. The number of aromatic nitrogens is 1. The lowest BCUT2D eigenvalue weighted by atomic mass is 10.0. The minimum absolute atomic E-state index is 0.161. The highest BCUT2D eigenvalue weighted by Gasteiger charge is 2.12. The van der Waals surface area contributed by atoms with E-state index in [1.807, 2.05) is 6.92 Å². The van der Waals surface area contributed by atoms with Crippen LogP contribution in [0.1, 0.15) is 43.8 Å². The first-order valence-electron chi connectivity index (χ1n) is 5.15. The largest absolute Gasteiger partial charge is 0.481 e. The van der Waals surface area contributed by atoms with Crippen molar-refractivity contribution in [3.05, 3.63) is 16.1 Å². The van der Waals surface area contributed by atoms with Crippen LogP contribution in [0.4, 0.5) is 0 Å². The molecule has 84 valence electrons. The first-order valence-corrected chi connectivity index (χ1v) is 6.03. The molecule has 0 saturated carbocycles. The van der Waals surface area contributed by atoms with E-state index in [1.165, 1.54) is 0 Å². The van der Waals surface area contributed by atoms with E-state index in [4.69, 9.17) is 5.11 Å². The van der Waals surface area contributed by atoms with E-state index in [-0.39, 0.29) is 12.3 Å². The summed E-state index contributed by atoms with van der Waals surface area (Å²) in [6.45, 7) is 6.17. The van der Waals surface area contributed by atoms with Gasteiger partial charge in [-0.25, -0.2) is 4.98 Å². The maximum absolute atomic E-state index is 10.5. The predicted molar refractivity (Wildman–Crippen MR) is 61.3 cm³/mol. The lowest BCUT2D eigenvalue weighted by Gasteiger charge is -2.05. The second kappa shape index (κ2) is 5.26. The van der Waals surface area contributed by atoms with Crippen molar-refractivity contribution >= 4 is 17.3 Å². The highest BCUT2D eigenvalue weighted by molar-refractivity contribution is 7.09. The maximum atomic E-state index is 10.5. The average Bonchev–Trinajstić information content (AvgIpc) is 2.50. The van der Waals surface area contributed by atoms with E-state index >= 15 is 0 Å². The fourth-order valence-corrected chi connectivity index (χ4v) is 2.47. The monoisotopic (exact) mass is 227 g/mol. The normalized spacial score (nSPS) is 13.1. The molecular formula is C11H17NO2S. The Kier molecular flexibility index (Phi) is 4.27. The molecule has 0 fully saturated rings. The summed E-state index contributed by atoms with van der Waals surface area (Å²) < 4.78 is 0. The summed E-state index contributed by atoms with van der Waals surface area (Å²) >= 11 is 1.63. The number of hydrogen-bond donors (Lipinski definition) is 1. The molecule has 1 aromatic rings. The number of hydrogen-bond acceptors (Lipinski definition) is 3. The Labute approximate surface area is 94.2 Å². The number of carboxylic acids is 1. The van der Waals surface area contributed by atoms with Crippen LogP contribution >= 0.6 is 11.3 Å². The van der Waals surface area contributed by atoms with Crippen LogP contribution in [0.5, 0.6) is 0 Å². The lowest BCUT2D eigenvalue weighted by molar-refractivity contribution is -0.137. The zero-order valence-electron chi connectivity index (χ0n) is 9.36. The smallest absolute Gasteiger partial charge is 0.303 e. The summed E-state index contributed by atoms with van der Waals surface area (Å²) in [6, 6.07) is 0. The molecular weight excluding hydrogens is 210 g/mol. The van der Waals surface area contributed by atoms with E-state index in [0.29, 0.717) is 5.92 Å². The van der Waals surface area contributed by atoms with Crippen LogP contribution in [0.25, 0.3) is 0 Å². The van der Waals surface area contributed by atoms with Crippen LogP contribution in [0.2, 0.25) is 0 Å². The number of carboxylic acid groups (broad SMARTS) is 1. The van der Waals surface area contributed by atoms with E-state index in [9.17, 15) is 4.79 Å². The van der Waals surface area contributed by atoms with Gasteiger partial charge >= 0.3 is 5.97 Å². The average molecular weight is 227 g/mol. The van der Waals surface area contributed by atoms with Crippen molar-refractivity contribution in [2.75, 3.05) is 0 Å². The van der Waals surface area contributed by atoms with E-state index in [0.717, 1.165) is 17.1 Å². The molecule has 0 aliphatic carbocycles. The summed E-state index contributed by atoms with van der Waals surface area (Å²) in [6.07, 6.45) is 0.986. The van der Waals surface area contributed by atoms with Crippen molar-refractivity contribution < 1.29 is 9.90 Å². The van der Waals surface area contributed by atoms with Gasteiger partial charge in [0.15, 0.2) is 0 Å². The molecule has 0 aromatic carbocycles. The van der Waals surface area contributed by atoms with Crippen molar-refractivity contribution in [2.24, 2.45) is 5.92 Å². The third kappa shape index (κ3) is 4.00. The number of nitrogens with zero attached hydrogens (tertiary/aromatic N) is 1. The van der Waals surface area contributed by atoms with Gasteiger partial charge in [-0.2, -0.15) is 0 Å². The molecule has 15 heavy (non-hydrogen) atoms. The quantitative estimate of drug-likeness (QED) is 0.841. The molecule has 1 unspecified atom stereocenters. The fraction of sp³-hybridized carbons (Fsp3) is 0.636. The van der Waals surface area contributed by atoms with Crippen LogP contribution in [0.15, 0.2) is 5.38 Å². The van der Waals surface area contributed by atoms with Crippen molar-refractivity contribution in [2.45, 2.75) is 39.5 Å². The molecule has 0 amide bonds. The van der Waals surface area contributed by atoms with E-state index in [2.05, 4.69) is 24.2 Å². The topological polar surface area (TPSA) is 50.2 Å². The molecule has 0 saturated heterocycles. The SMILES string of the molecule is CC(CC(=O)O)Cc1nc(C(C)C)cs1. The van der Waals surface area contributed by atoms with Gasteiger partial charge in [0, 0.05) is 18.2 Å². The number of thiazole rings is 1. The predicted octanol–water partition coefficient (Wildman–Crippen LogP) is 2.92. The molecule has 0 aliphatic heterocycles. The van der Waals surface area contributed by atoms with E-state index < -0.39 is 5.97 Å². The van der Waals surface area contributed by atoms with Crippen molar-refractivity contribution in [1.82, 2.24) is 4.98 Å². The summed E-state index contributed by atoms with van der Waals surface area (Å²) in [5, 5.41) is 11.7. The molecule has 0 radical (unpaired) electrons. The minimum Gasteiger partial charge on any atom is -0.481 e. The van der Waals surface area contributed by atoms with Gasteiger partial charge < -0.3 is 5.11 Å². The van der Waals surface area contributed by atoms with Crippen LogP contribution < -0.4 is 0 Å². The molecule has 0 spiro atoms. The summed E-state index contributed by atoms with van der Waals surface area (Å²) in [5.74, 6) is -0.124. The van der Waals surface area contributed by atoms with Gasteiger partial charge in [-0.1, -0.05) is 20.8 Å². The Morgan fingerprint density at radius 3 is 2.67 bits per heavy atom. The molecule has 1 N–H and O–H groups in total. The van der Waals surface area contributed by atoms with E-state index in [1.54, 1.807) is 11.3 Å². The first-order chi connectivity index (χ1) is 6.99. The van der Waals surface area contributed by atoms with Crippen LogP contribution in [-0.2, 0) is 11.2 Å². The molecule has 1 aromatic heterocycles. The van der Waals surface area contributed by atoms with Crippen molar-refractivity contribution in [3.63, 3.8) is 0 Å². The summed E-state index contributed by atoms with van der Waals surface area (Å²) in [4.78, 5) is 15.0. The Morgan fingerprint density at radius 2 is 2.20 bits per heavy atom. The van der Waals surface area contributed by atoms with Crippen LogP contribution in [0.3, 0.4) is 0 Å². The maximum Gasteiger partial charge on any atom is 0.303 e. The van der Waals surface area contributed by atoms with Crippen molar-refractivity contribution in [1.29, 1.82) is 0 Å². The molecule has 1 rings (SSSR count). The van der Waals surface area contributed by atoms with Gasteiger partial charge in [-0.15, -0.1) is 11.3 Å². The molecule has 0 bridgehead atoms. The van der Waals surface area contributed by atoms with Crippen molar-refractivity contribution in [3.8, 4) is 0 Å². The second-order valence-electron chi connectivity index (χ2n) is 4.23. The molecule has 0 aliphatic rings. The zero-order valence-corrected chi connectivity index (χ0v) is 10.2. The fourth-order valence-electron chi connectivity index (χ4n) is 1.35. The van der Waals surface area contributed by atoms with Gasteiger partial charge in [0.1, 0.15) is 0 Å². The van der Waals surface area contributed by atoms with Crippen LogP contribution in [0, 0.1) is 5.92 Å². The minimum atomic E-state index is -0.733. The summed E-state index contributed by atoms with van der Waals surface area (Å²) in [5.41, 5.74) is 1.11. The highest BCUT2D eigenvalue weighted by Crippen LogP contribution is 2.20. The van der Waals surface area contributed by atoms with Gasteiger partial charge in [-0.05, 0) is 11.8 Å². The number of carbonyl (C=O) groups is 1. The molecule has 1 atom stereocenters. The Bertz CT molecular complexity index is 333. The Balaban J connectivity index is 2.53. The molecule has 1 heterocycles. The second-order valence-corrected chi connectivity index (χ2v) is 5.17. The Hall–Kier alpha value is -0.900.